The van der Waals surface area contributed by atoms with Gasteiger partial charge in [0.15, 0.2) is 11.4 Å². The lowest BCUT2D eigenvalue weighted by Crippen LogP contribution is -2.71. The van der Waals surface area contributed by atoms with Gasteiger partial charge in [0.1, 0.15) is 29.5 Å². The molecule has 0 spiro atoms. The van der Waals surface area contributed by atoms with Gasteiger partial charge < -0.3 is 35.0 Å². The summed E-state index contributed by atoms with van der Waals surface area (Å²) < 4.78 is 11.8. The Labute approximate surface area is 261 Å². The molecule has 4 rings (SSSR count). The predicted molar refractivity (Wildman–Crippen MR) is 165 cm³/mol. The Bertz CT molecular complexity index is 1190. The number of fused-ring (bicyclic) bond motifs is 5. The number of hydrogen-bond donors (Lipinski definition) is 5. The Hall–Kier alpha value is -2.14. The summed E-state index contributed by atoms with van der Waals surface area (Å²) in [6, 6.07) is 0. The van der Waals surface area contributed by atoms with Crippen LogP contribution in [0.2, 0.25) is 0 Å². The highest BCUT2D eigenvalue weighted by molar-refractivity contribution is 6.05. The summed E-state index contributed by atoms with van der Waals surface area (Å²) in [5.41, 5.74) is -7.60. The Morgan fingerprint density at radius 2 is 1.75 bits per heavy atom. The number of Topliss-reactive ketones (excluding diaryl/α,β-unsaturated/α-hetero) is 1. The highest BCUT2D eigenvalue weighted by atomic mass is 16.6. The van der Waals surface area contributed by atoms with E-state index in [9.17, 15) is 35.1 Å². The molecule has 0 aromatic heterocycles. The van der Waals surface area contributed by atoms with E-state index in [0.717, 1.165) is 19.3 Å². The first-order chi connectivity index (χ1) is 20.8. The topological polar surface area (TPSA) is 157 Å². The number of carbonyl (C=O) groups excluding carboxylic acids is 2. The molecule has 2 saturated carbocycles. The number of ketones is 1. The van der Waals surface area contributed by atoms with E-state index in [0.29, 0.717) is 5.57 Å². The number of carbonyl (C=O) groups is 2. The molecule has 0 aromatic rings. The number of aliphatic hydroxyl groups is 5. The van der Waals surface area contributed by atoms with Gasteiger partial charge in [-0.1, -0.05) is 89.7 Å². The zero-order valence-electron chi connectivity index (χ0n) is 26.7. The number of esters is 1. The number of hydrogen-bond acceptors (Lipinski definition) is 9. The van der Waals surface area contributed by atoms with Crippen molar-refractivity contribution in [2.75, 3.05) is 6.61 Å². The van der Waals surface area contributed by atoms with E-state index in [4.69, 9.17) is 9.47 Å². The molecule has 4 aliphatic rings. The first-order valence-corrected chi connectivity index (χ1v) is 16.3. The van der Waals surface area contributed by atoms with Crippen LogP contribution in [-0.4, -0.2) is 84.6 Å². The van der Waals surface area contributed by atoms with Crippen LogP contribution in [0.25, 0.3) is 0 Å². The molecule has 9 nitrogen and oxygen atoms in total. The number of unbranched alkanes of at least 4 members (excludes halogenated alkanes) is 8. The molecular weight excluding hydrogens is 564 g/mol. The van der Waals surface area contributed by atoms with Crippen molar-refractivity contribution in [1.82, 2.24) is 0 Å². The zero-order chi connectivity index (χ0) is 32.5. The number of rotatable bonds is 14. The van der Waals surface area contributed by atoms with Crippen molar-refractivity contribution in [2.24, 2.45) is 17.8 Å². The summed E-state index contributed by atoms with van der Waals surface area (Å²) in [5, 5.41) is 58.1. The van der Waals surface area contributed by atoms with Crippen LogP contribution >= 0.6 is 0 Å². The highest BCUT2D eigenvalue weighted by Gasteiger charge is 2.83. The minimum absolute atomic E-state index is 0.0991. The molecule has 5 N–H and O–H groups in total. The zero-order valence-corrected chi connectivity index (χ0v) is 26.7. The molecule has 1 heterocycles. The van der Waals surface area contributed by atoms with Gasteiger partial charge in [0.2, 0.25) is 0 Å². The van der Waals surface area contributed by atoms with Crippen LogP contribution in [0.3, 0.4) is 0 Å². The standard InChI is InChI=1S/C35H52O9/c1-6-7-8-9-10-11-12-13-14-15-16-17-18-26(37)43-29-27-30-33(21-36,44-30)31(39)35(42)25(19-23(4)28(35)38)34(27,41)24(5)20-32(29,40)22(2)3/h15-19,24-25,27,29-31,36,39-42H,2,6-14,20-21H2,1,3-5H3/b16-15+,18-17+/t24-,25?,27?,29-,30+,31-,32-,33+,34+,35-/m1/s1. The summed E-state index contributed by atoms with van der Waals surface area (Å²) in [4.78, 5) is 26.4. The Morgan fingerprint density at radius 3 is 2.36 bits per heavy atom. The summed E-state index contributed by atoms with van der Waals surface area (Å²) in [6.07, 6.45) is 14.2. The summed E-state index contributed by atoms with van der Waals surface area (Å²) in [6.45, 7) is 10.1. The van der Waals surface area contributed by atoms with Crippen LogP contribution in [0.4, 0.5) is 0 Å². The molecule has 1 saturated heterocycles. The van der Waals surface area contributed by atoms with Crippen LogP contribution < -0.4 is 0 Å². The lowest BCUT2D eigenvalue weighted by Gasteiger charge is -2.57. The SMILES string of the molecule is C=C(C)[C@]1(O)C[C@@H](C)[C@@]2(O)C([C@H]1OC(=O)/C=C/C=C/CCCCCCCCCC)[C@@H]1O[C@]1(CO)[C@@H](O)[C@]1(O)C(=O)C(C)=CC21. The van der Waals surface area contributed by atoms with Crippen LogP contribution in [-0.2, 0) is 19.1 Å². The Kier molecular flexibility index (Phi) is 10.5. The van der Waals surface area contributed by atoms with Crippen molar-refractivity contribution < 1.29 is 44.6 Å². The molecule has 1 aliphatic heterocycles. The van der Waals surface area contributed by atoms with Gasteiger partial charge in [-0.25, -0.2) is 4.79 Å². The largest absolute Gasteiger partial charge is 0.455 e. The average Bonchev–Trinajstić information content (AvgIpc) is 3.67. The molecule has 3 fully saturated rings. The van der Waals surface area contributed by atoms with Crippen molar-refractivity contribution in [1.29, 1.82) is 0 Å². The molecule has 0 aromatic carbocycles. The van der Waals surface area contributed by atoms with Gasteiger partial charge >= 0.3 is 5.97 Å². The smallest absolute Gasteiger partial charge is 0.331 e. The monoisotopic (exact) mass is 616 g/mol. The lowest BCUT2D eigenvalue weighted by molar-refractivity contribution is -0.252. The summed E-state index contributed by atoms with van der Waals surface area (Å²) in [7, 11) is 0. The van der Waals surface area contributed by atoms with E-state index in [1.807, 2.05) is 6.08 Å². The average molecular weight is 617 g/mol. The van der Waals surface area contributed by atoms with E-state index in [2.05, 4.69) is 13.5 Å². The molecule has 0 bridgehead atoms. The van der Waals surface area contributed by atoms with Crippen molar-refractivity contribution in [2.45, 2.75) is 133 Å². The third-order valence-corrected chi connectivity index (χ3v) is 10.8. The van der Waals surface area contributed by atoms with Crippen LogP contribution in [0.5, 0.6) is 0 Å². The van der Waals surface area contributed by atoms with Gasteiger partial charge in [0.25, 0.3) is 0 Å². The quantitative estimate of drug-likeness (QED) is 0.0491. The molecule has 0 radical (unpaired) electrons. The number of ether oxygens (including phenoxy) is 2. The molecule has 0 amide bonds. The van der Waals surface area contributed by atoms with Crippen LogP contribution in [0, 0.1) is 17.8 Å². The molecule has 9 heteroatoms. The van der Waals surface area contributed by atoms with Gasteiger partial charge in [-0.05, 0) is 50.2 Å². The second-order valence-electron chi connectivity index (χ2n) is 13.7. The summed E-state index contributed by atoms with van der Waals surface area (Å²) >= 11 is 0. The molecule has 10 atom stereocenters. The molecule has 3 aliphatic carbocycles. The van der Waals surface area contributed by atoms with E-state index in [1.54, 1.807) is 26.0 Å². The molecule has 246 valence electrons. The van der Waals surface area contributed by atoms with Crippen LogP contribution in [0.15, 0.2) is 48.1 Å². The minimum atomic E-state index is -2.48. The lowest BCUT2D eigenvalue weighted by atomic mass is 9.54. The maximum absolute atomic E-state index is 13.3. The van der Waals surface area contributed by atoms with Crippen molar-refractivity contribution in [3.05, 3.63) is 48.1 Å². The Balaban J connectivity index is 1.53. The van der Waals surface area contributed by atoms with Gasteiger partial charge in [0.05, 0.1) is 18.1 Å². The molecular formula is C35H52O9. The fourth-order valence-corrected chi connectivity index (χ4v) is 8.06. The molecule has 44 heavy (non-hydrogen) atoms. The predicted octanol–water partition coefficient (Wildman–Crippen LogP) is 3.62. The van der Waals surface area contributed by atoms with Gasteiger partial charge in [-0.2, -0.15) is 0 Å². The second-order valence-corrected chi connectivity index (χ2v) is 13.7. The van der Waals surface area contributed by atoms with Gasteiger partial charge in [-0.3, -0.25) is 4.79 Å². The van der Waals surface area contributed by atoms with Gasteiger partial charge in [0, 0.05) is 12.0 Å². The maximum Gasteiger partial charge on any atom is 0.331 e. The minimum Gasteiger partial charge on any atom is -0.455 e. The summed E-state index contributed by atoms with van der Waals surface area (Å²) in [5.74, 6) is -4.83. The van der Waals surface area contributed by atoms with Crippen molar-refractivity contribution in [3.8, 4) is 0 Å². The van der Waals surface area contributed by atoms with Crippen molar-refractivity contribution in [3.63, 3.8) is 0 Å². The number of aliphatic hydroxyl groups excluding tert-OH is 2. The van der Waals surface area contributed by atoms with Crippen molar-refractivity contribution >= 4 is 11.8 Å². The maximum atomic E-state index is 13.3. The third kappa shape index (κ3) is 5.69. The first-order valence-electron chi connectivity index (χ1n) is 16.3. The van der Waals surface area contributed by atoms with E-state index >= 15 is 0 Å². The van der Waals surface area contributed by atoms with E-state index < -0.39 is 76.8 Å². The van der Waals surface area contributed by atoms with Gasteiger partial charge in [-0.15, -0.1) is 0 Å². The van der Waals surface area contributed by atoms with Crippen LogP contribution in [0.1, 0.15) is 91.9 Å². The fraction of sp³-hybridized carbons (Fsp3) is 0.714. The first kappa shape index (κ1) is 34.7. The normalized spacial score (nSPS) is 41.2. The molecule has 2 unspecified atom stereocenters. The second kappa shape index (κ2) is 13.3. The third-order valence-electron chi connectivity index (χ3n) is 10.8. The Morgan fingerprint density at radius 1 is 1.11 bits per heavy atom. The fourth-order valence-electron chi connectivity index (χ4n) is 8.06. The van der Waals surface area contributed by atoms with E-state index in [-0.39, 0.29) is 12.0 Å². The highest BCUT2D eigenvalue weighted by Crippen LogP contribution is 2.65. The van der Waals surface area contributed by atoms with E-state index in [1.165, 1.54) is 57.6 Å². The number of allylic oxidation sites excluding steroid dienone is 3. The number of epoxide rings is 1.